The van der Waals surface area contributed by atoms with Gasteiger partial charge in [-0.1, -0.05) is 12.1 Å². The first-order chi connectivity index (χ1) is 7.65. The minimum atomic E-state index is -0.0704. The van der Waals surface area contributed by atoms with Gasteiger partial charge in [0.05, 0.1) is 0 Å². The molecule has 0 spiro atoms. The van der Waals surface area contributed by atoms with Crippen molar-refractivity contribution >= 4 is 0 Å². The Balaban J connectivity index is 1.98. The van der Waals surface area contributed by atoms with Crippen molar-refractivity contribution in [2.75, 3.05) is 33.2 Å². The molecule has 0 N–H and O–H groups in total. The van der Waals surface area contributed by atoms with E-state index in [0.717, 1.165) is 43.9 Å². The van der Waals surface area contributed by atoms with E-state index in [1.807, 2.05) is 19.1 Å². The summed E-state index contributed by atoms with van der Waals surface area (Å²) in [6.07, 6.45) is 0. The van der Waals surface area contributed by atoms with Gasteiger partial charge in [-0.25, -0.2) is 4.39 Å². The van der Waals surface area contributed by atoms with Crippen molar-refractivity contribution in [1.29, 1.82) is 0 Å². The van der Waals surface area contributed by atoms with Crippen molar-refractivity contribution in [1.82, 2.24) is 9.80 Å². The predicted molar refractivity (Wildman–Crippen MR) is 63.9 cm³/mol. The molecule has 0 atom stereocenters. The van der Waals surface area contributed by atoms with Crippen molar-refractivity contribution < 1.29 is 4.39 Å². The predicted octanol–water partition coefficient (Wildman–Crippen LogP) is 1.88. The van der Waals surface area contributed by atoms with E-state index in [0.29, 0.717) is 0 Å². The first-order valence-electron chi connectivity index (χ1n) is 5.81. The average molecular weight is 222 g/mol. The maximum absolute atomic E-state index is 13.6. The number of hydrogen-bond acceptors (Lipinski definition) is 2. The Morgan fingerprint density at radius 2 is 1.88 bits per heavy atom. The minimum Gasteiger partial charge on any atom is -0.304 e. The molecule has 0 bridgehead atoms. The van der Waals surface area contributed by atoms with Crippen LogP contribution in [0.2, 0.25) is 0 Å². The van der Waals surface area contributed by atoms with Crippen molar-refractivity contribution in [3.05, 3.63) is 35.1 Å². The van der Waals surface area contributed by atoms with Crippen LogP contribution in [0.1, 0.15) is 11.1 Å². The molecule has 16 heavy (non-hydrogen) atoms. The maximum Gasteiger partial charge on any atom is 0.127 e. The molecule has 0 radical (unpaired) electrons. The monoisotopic (exact) mass is 222 g/mol. The molecule has 1 aliphatic heterocycles. The Labute approximate surface area is 96.7 Å². The molecule has 1 heterocycles. The highest BCUT2D eigenvalue weighted by Crippen LogP contribution is 2.13. The summed E-state index contributed by atoms with van der Waals surface area (Å²) in [6, 6.07) is 5.50. The summed E-state index contributed by atoms with van der Waals surface area (Å²) in [5.74, 6) is -0.0704. The van der Waals surface area contributed by atoms with Crippen LogP contribution in [-0.2, 0) is 6.54 Å². The Morgan fingerprint density at radius 3 is 2.50 bits per heavy atom. The van der Waals surface area contributed by atoms with Gasteiger partial charge in [0.1, 0.15) is 5.82 Å². The van der Waals surface area contributed by atoms with E-state index in [2.05, 4.69) is 16.8 Å². The Hall–Kier alpha value is -0.930. The van der Waals surface area contributed by atoms with Crippen LogP contribution in [0, 0.1) is 12.7 Å². The molecule has 1 saturated heterocycles. The van der Waals surface area contributed by atoms with Crippen molar-refractivity contribution in [3.63, 3.8) is 0 Å². The standard InChI is InChI=1S/C13H19FN2/c1-11-3-4-12(13(14)9-11)10-16-7-5-15(2)6-8-16/h3-4,9H,5-8,10H2,1-2H3. The normalized spacial score (nSPS) is 18.9. The van der Waals surface area contributed by atoms with Gasteiger partial charge in [-0.15, -0.1) is 0 Å². The Bertz CT molecular complexity index is 357. The summed E-state index contributed by atoms with van der Waals surface area (Å²) in [5, 5.41) is 0. The molecule has 88 valence electrons. The van der Waals surface area contributed by atoms with Gasteiger partial charge in [0.25, 0.3) is 0 Å². The van der Waals surface area contributed by atoms with E-state index in [1.54, 1.807) is 6.07 Å². The topological polar surface area (TPSA) is 6.48 Å². The van der Waals surface area contributed by atoms with E-state index in [4.69, 9.17) is 0 Å². The third kappa shape index (κ3) is 2.80. The molecule has 0 unspecified atom stereocenters. The van der Waals surface area contributed by atoms with Crippen LogP contribution in [0.15, 0.2) is 18.2 Å². The van der Waals surface area contributed by atoms with Gasteiger partial charge in [-0.3, -0.25) is 4.90 Å². The van der Waals surface area contributed by atoms with E-state index in [-0.39, 0.29) is 5.82 Å². The number of hydrogen-bond donors (Lipinski definition) is 0. The van der Waals surface area contributed by atoms with Gasteiger partial charge in [-0.2, -0.15) is 0 Å². The van der Waals surface area contributed by atoms with Gasteiger partial charge in [0.2, 0.25) is 0 Å². The van der Waals surface area contributed by atoms with Gasteiger partial charge < -0.3 is 4.90 Å². The molecule has 1 aromatic carbocycles. The lowest BCUT2D eigenvalue weighted by Gasteiger charge is -2.32. The van der Waals surface area contributed by atoms with E-state index in [1.165, 1.54) is 0 Å². The highest BCUT2D eigenvalue weighted by Gasteiger charge is 2.15. The summed E-state index contributed by atoms with van der Waals surface area (Å²) < 4.78 is 13.6. The smallest absolute Gasteiger partial charge is 0.127 e. The molecule has 2 rings (SSSR count). The fourth-order valence-electron chi connectivity index (χ4n) is 2.03. The molecule has 0 amide bonds. The number of likely N-dealkylation sites (N-methyl/N-ethyl adjacent to an activating group) is 1. The van der Waals surface area contributed by atoms with Crippen molar-refractivity contribution in [2.45, 2.75) is 13.5 Å². The molecule has 3 heteroatoms. The molecule has 2 nitrogen and oxygen atoms in total. The van der Waals surface area contributed by atoms with Crippen LogP contribution < -0.4 is 0 Å². The number of halogens is 1. The third-order valence-corrected chi connectivity index (χ3v) is 3.20. The first kappa shape index (κ1) is 11.6. The Kier molecular flexibility index (Phi) is 3.56. The van der Waals surface area contributed by atoms with Crippen LogP contribution in [-0.4, -0.2) is 43.0 Å². The molecule has 0 aromatic heterocycles. The zero-order valence-electron chi connectivity index (χ0n) is 10.0. The lowest BCUT2D eigenvalue weighted by atomic mass is 10.1. The third-order valence-electron chi connectivity index (χ3n) is 3.20. The first-order valence-corrected chi connectivity index (χ1v) is 5.81. The summed E-state index contributed by atoms with van der Waals surface area (Å²) >= 11 is 0. The van der Waals surface area contributed by atoms with Crippen LogP contribution in [0.4, 0.5) is 4.39 Å². The van der Waals surface area contributed by atoms with Gasteiger partial charge in [0.15, 0.2) is 0 Å². The van der Waals surface area contributed by atoms with Crippen molar-refractivity contribution in [3.8, 4) is 0 Å². The molecular weight excluding hydrogens is 203 g/mol. The molecule has 0 aliphatic carbocycles. The van der Waals surface area contributed by atoms with Crippen LogP contribution >= 0.6 is 0 Å². The second kappa shape index (κ2) is 4.93. The summed E-state index contributed by atoms with van der Waals surface area (Å²) in [7, 11) is 2.13. The second-order valence-corrected chi connectivity index (χ2v) is 4.67. The van der Waals surface area contributed by atoms with Gasteiger partial charge >= 0.3 is 0 Å². The maximum atomic E-state index is 13.6. The van der Waals surface area contributed by atoms with Crippen molar-refractivity contribution in [2.24, 2.45) is 0 Å². The lowest BCUT2D eigenvalue weighted by molar-refractivity contribution is 0.147. The number of benzene rings is 1. The largest absolute Gasteiger partial charge is 0.304 e. The molecular formula is C13H19FN2. The van der Waals surface area contributed by atoms with E-state index < -0.39 is 0 Å². The van der Waals surface area contributed by atoms with E-state index >= 15 is 0 Å². The highest BCUT2D eigenvalue weighted by atomic mass is 19.1. The fourth-order valence-corrected chi connectivity index (χ4v) is 2.03. The number of piperazine rings is 1. The molecule has 0 saturated carbocycles. The SMILES string of the molecule is Cc1ccc(CN2CCN(C)CC2)c(F)c1. The van der Waals surface area contributed by atoms with Crippen LogP contribution in [0.5, 0.6) is 0 Å². The van der Waals surface area contributed by atoms with Crippen LogP contribution in [0.25, 0.3) is 0 Å². The van der Waals surface area contributed by atoms with Crippen LogP contribution in [0.3, 0.4) is 0 Å². The summed E-state index contributed by atoms with van der Waals surface area (Å²) in [5.41, 5.74) is 1.80. The lowest BCUT2D eigenvalue weighted by Crippen LogP contribution is -2.44. The van der Waals surface area contributed by atoms with E-state index in [9.17, 15) is 4.39 Å². The molecule has 1 aromatic rings. The molecule has 1 fully saturated rings. The van der Waals surface area contributed by atoms with Gasteiger partial charge in [-0.05, 0) is 25.6 Å². The second-order valence-electron chi connectivity index (χ2n) is 4.67. The fraction of sp³-hybridized carbons (Fsp3) is 0.538. The molecule has 1 aliphatic rings. The van der Waals surface area contributed by atoms with Gasteiger partial charge in [0, 0.05) is 38.3 Å². The summed E-state index contributed by atoms with van der Waals surface area (Å²) in [4.78, 5) is 4.62. The quantitative estimate of drug-likeness (QED) is 0.754. The zero-order valence-corrected chi connectivity index (χ0v) is 10.0. The number of aryl methyl sites for hydroxylation is 1. The summed E-state index contributed by atoms with van der Waals surface area (Å²) in [6.45, 7) is 6.87. The highest BCUT2D eigenvalue weighted by molar-refractivity contribution is 5.23. The number of rotatable bonds is 2. The average Bonchev–Trinajstić information content (AvgIpc) is 2.25. The number of nitrogens with zero attached hydrogens (tertiary/aromatic N) is 2. The zero-order chi connectivity index (χ0) is 11.5. The minimum absolute atomic E-state index is 0.0704. The Morgan fingerprint density at radius 1 is 1.19 bits per heavy atom.